The van der Waals surface area contributed by atoms with Gasteiger partial charge in [0.25, 0.3) is 0 Å². The summed E-state index contributed by atoms with van der Waals surface area (Å²) in [6, 6.07) is 9.84. The number of carbonyl (C=O) groups excluding carboxylic acids is 1. The number of hydrogen-bond donors (Lipinski definition) is 1. The van der Waals surface area contributed by atoms with Crippen molar-refractivity contribution in [3.63, 3.8) is 0 Å². The Bertz CT molecular complexity index is 675. The molecule has 0 radical (unpaired) electrons. The molecule has 22 heavy (non-hydrogen) atoms. The Labute approximate surface area is 130 Å². The summed E-state index contributed by atoms with van der Waals surface area (Å²) in [5.74, 6) is 0. The zero-order valence-corrected chi connectivity index (χ0v) is 13.3. The van der Waals surface area contributed by atoms with Crippen molar-refractivity contribution < 1.29 is 4.79 Å². The maximum atomic E-state index is 12.4. The Morgan fingerprint density at radius 1 is 1.27 bits per heavy atom. The Balaban J connectivity index is 1.74. The van der Waals surface area contributed by atoms with Crippen molar-refractivity contribution in [1.82, 2.24) is 14.7 Å². The summed E-state index contributed by atoms with van der Waals surface area (Å²) in [4.78, 5) is 14.3. The van der Waals surface area contributed by atoms with E-state index in [4.69, 9.17) is 0 Å². The molecule has 1 fully saturated rings. The minimum absolute atomic E-state index is 0.0405. The number of anilines is 1. The van der Waals surface area contributed by atoms with Crippen LogP contribution in [0.5, 0.6) is 0 Å². The molecule has 0 unspecified atom stereocenters. The van der Waals surface area contributed by atoms with Crippen LogP contribution in [0.2, 0.25) is 0 Å². The van der Waals surface area contributed by atoms with Gasteiger partial charge in [0.2, 0.25) is 0 Å². The molecule has 0 atom stereocenters. The number of nitrogens with one attached hydrogen (secondary N) is 1. The van der Waals surface area contributed by atoms with Crippen LogP contribution in [-0.2, 0) is 0 Å². The minimum Gasteiger partial charge on any atom is -0.324 e. The quantitative estimate of drug-likeness (QED) is 0.923. The second-order valence-corrected chi connectivity index (χ2v) is 6.67. The number of para-hydroxylation sites is 1. The van der Waals surface area contributed by atoms with E-state index in [1.807, 2.05) is 48.4 Å². The van der Waals surface area contributed by atoms with Crippen LogP contribution in [0.25, 0.3) is 5.69 Å². The number of aromatic nitrogens is 2. The van der Waals surface area contributed by atoms with Gasteiger partial charge >= 0.3 is 6.03 Å². The van der Waals surface area contributed by atoms with Gasteiger partial charge in [-0.05, 0) is 30.9 Å². The number of nitrogens with zero attached hydrogens (tertiary/aromatic N) is 3. The van der Waals surface area contributed by atoms with Crippen LogP contribution in [0.4, 0.5) is 10.5 Å². The number of urea groups is 1. The Morgan fingerprint density at radius 3 is 2.64 bits per heavy atom. The molecule has 0 spiro atoms. The lowest BCUT2D eigenvalue weighted by Gasteiger charge is -2.20. The number of benzene rings is 1. The normalized spacial score (nSPS) is 16.8. The van der Waals surface area contributed by atoms with Crippen molar-refractivity contribution in [3.8, 4) is 5.69 Å². The molecule has 0 bridgehead atoms. The molecule has 0 aliphatic carbocycles. The smallest absolute Gasteiger partial charge is 0.321 e. The largest absolute Gasteiger partial charge is 0.324 e. The zero-order valence-electron chi connectivity index (χ0n) is 13.3. The topological polar surface area (TPSA) is 50.2 Å². The average molecular weight is 298 g/mol. The molecular weight excluding hydrogens is 276 g/mol. The van der Waals surface area contributed by atoms with Crippen LogP contribution >= 0.6 is 0 Å². The lowest BCUT2D eigenvalue weighted by atomic mass is 9.93. The van der Waals surface area contributed by atoms with Crippen LogP contribution in [0.3, 0.4) is 0 Å². The van der Waals surface area contributed by atoms with E-state index in [0.717, 1.165) is 36.6 Å². The first-order valence-corrected chi connectivity index (χ1v) is 7.62. The molecule has 5 heteroatoms. The van der Waals surface area contributed by atoms with Gasteiger partial charge in [-0.2, -0.15) is 5.10 Å². The summed E-state index contributed by atoms with van der Waals surface area (Å²) in [5, 5.41) is 7.46. The summed E-state index contributed by atoms with van der Waals surface area (Å²) in [7, 11) is 0. The monoisotopic (exact) mass is 298 g/mol. The molecule has 116 valence electrons. The minimum atomic E-state index is -0.0405. The summed E-state index contributed by atoms with van der Waals surface area (Å²) >= 11 is 0. The second-order valence-electron chi connectivity index (χ2n) is 6.67. The first kappa shape index (κ1) is 14.6. The zero-order chi connectivity index (χ0) is 15.7. The fraction of sp³-hybridized carbons (Fsp3) is 0.412. The van der Waals surface area contributed by atoms with Gasteiger partial charge in [-0.1, -0.05) is 32.0 Å². The van der Waals surface area contributed by atoms with E-state index in [1.165, 1.54) is 0 Å². The third-order valence-corrected chi connectivity index (χ3v) is 4.13. The van der Waals surface area contributed by atoms with E-state index < -0.39 is 0 Å². The van der Waals surface area contributed by atoms with Crippen molar-refractivity contribution in [2.45, 2.75) is 27.2 Å². The van der Waals surface area contributed by atoms with E-state index in [2.05, 4.69) is 24.3 Å². The first-order chi connectivity index (χ1) is 10.4. The van der Waals surface area contributed by atoms with Gasteiger partial charge in [0.1, 0.15) is 0 Å². The average Bonchev–Trinajstić information content (AvgIpc) is 3.03. The highest BCUT2D eigenvalue weighted by Crippen LogP contribution is 2.29. The molecule has 2 amide bonds. The van der Waals surface area contributed by atoms with Gasteiger partial charge in [0.15, 0.2) is 0 Å². The van der Waals surface area contributed by atoms with E-state index in [0.29, 0.717) is 0 Å². The summed E-state index contributed by atoms with van der Waals surface area (Å²) in [6.45, 7) is 7.90. The lowest BCUT2D eigenvalue weighted by molar-refractivity contribution is 0.217. The fourth-order valence-electron chi connectivity index (χ4n) is 2.78. The van der Waals surface area contributed by atoms with Crippen molar-refractivity contribution in [2.24, 2.45) is 5.41 Å². The summed E-state index contributed by atoms with van der Waals surface area (Å²) in [5.41, 5.74) is 2.77. The number of rotatable bonds is 2. The van der Waals surface area contributed by atoms with Crippen LogP contribution < -0.4 is 5.32 Å². The number of aryl methyl sites for hydroxylation is 1. The second kappa shape index (κ2) is 5.48. The van der Waals surface area contributed by atoms with Crippen molar-refractivity contribution in [3.05, 3.63) is 42.2 Å². The molecule has 2 aromatic rings. The molecule has 1 saturated heterocycles. The fourth-order valence-corrected chi connectivity index (χ4v) is 2.78. The summed E-state index contributed by atoms with van der Waals surface area (Å²) < 4.78 is 1.79. The molecule has 1 aromatic heterocycles. The number of likely N-dealkylation sites (tertiary alicyclic amines) is 1. The number of carbonyl (C=O) groups is 1. The van der Waals surface area contributed by atoms with Crippen molar-refractivity contribution in [1.29, 1.82) is 0 Å². The molecule has 1 N–H and O–H groups in total. The van der Waals surface area contributed by atoms with Crippen LogP contribution in [-0.4, -0.2) is 33.8 Å². The molecule has 1 aliphatic rings. The highest BCUT2D eigenvalue weighted by Gasteiger charge is 2.32. The maximum absolute atomic E-state index is 12.4. The Hall–Kier alpha value is -2.30. The standard InChI is InChI=1S/C17H22N4O/c1-13-15(11-21(19-13)14-7-5-4-6-8-14)18-16(22)20-10-9-17(2,3)12-20/h4-8,11H,9-10,12H2,1-3H3,(H,18,22). The third-order valence-electron chi connectivity index (χ3n) is 4.13. The lowest BCUT2D eigenvalue weighted by Crippen LogP contribution is -2.34. The van der Waals surface area contributed by atoms with E-state index >= 15 is 0 Å². The van der Waals surface area contributed by atoms with Gasteiger partial charge in [0, 0.05) is 13.1 Å². The molecule has 1 aliphatic heterocycles. The Kier molecular flexibility index (Phi) is 3.64. The van der Waals surface area contributed by atoms with Crippen LogP contribution in [0, 0.1) is 12.3 Å². The van der Waals surface area contributed by atoms with E-state index in [1.54, 1.807) is 4.68 Å². The van der Waals surface area contributed by atoms with Gasteiger partial charge in [-0.25, -0.2) is 9.48 Å². The van der Waals surface area contributed by atoms with E-state index in [9.17, 15) is 4.79 Å². The van der Waals surface area contributed by atoms with Crippen molar-refractivity contribution in [2.75, 3.05) is 18.4 Å². The number of amides is 2. The third kappa shape index (κ3) is 2.98. The van der Waals surface area contributed by atoms with Crippen molar-refractivity contribution >= 4 is 11.7 Å². The molecule has 2 heterocycles. The SMILES string of the molecule is Cc1nn(-c2ccccc2)cc1NC(=O)N1CCC(C)(C)C1. The Morgan fingerprint density at radius 2 is 2.00 bits per heavy atom. The predicted molar refractivity (Wildman–Crippen MR) is 87.3 cm³/mol. The summed E-state index contributed by atoms with van der Waals surface area (Å²) in [6.07, 6.45) is 2.91. The molecule has 5 nitrogen and oxygen atoms in total. The van der Waals surface area contributed by atoms with E-state index in [-0.39, 0.29) is 11.4 Å². The first-order valence-electron chi connectivity index (χ1n) is 7.62. The van der Waals surface area contributed by atoms with Crippen LogP contribution in [0.1, 0.15) is 26.0 Å². The predicted octanol–water partition coefficient (Wildman–Crippen LogP) is 3.44. The molecule has 1 aromatic carbocycles. The van der Waals surface area contributed by atoms with Gasteiger partial charge in [0.05, 0.1) is 23.3 Å². The molecule has 3 rings (SSSR count). The highest BCUT2D eigenvalue weighted by molar-refractivity contribution is 5.90. The van der Waals surface area contributed by atoms with Gasteiger partial charge < -0.3 is 10.2 Å². The molecule has 0 saturated carbocycles. The van der Waals surface area contributed by atoms with Crippen LogP contribution in [0.15, 0.2) is 36.5 Å². The van der Waals surface area contributed by atoms with Gasteiger partial charge in [-0.3, -0.25) is 0 Å². The highest BCUT2D eigenvalue weighted by atomic mass is 16.2. The van der Waals surface area contributed by atoms with Gasteiger partial charge in [-0.15, -0.1) is 0 Å². The maximum Gasteiger partial charge on any atom is 0.321 e. The number of hydrogen-bond acceptors (Lipinski definition) is 2. The molecular formula is C17H22N4O.